The van der Waals surface area contributed by atoms with Gasteiger partial charge in [-0.1, -0.05) is 30.3 Å². The second-order valence-corrected chi connectivity index (χ2v) is 4.07. The normalized spacial score (nSPS) is 13.6. The lowest BCUT2D eigenvalue weighted by Crippen LogP contribution is -2.45. The molecule has 19 heavy (non-hydrogen) atoms. The number of nitrogens with one attached hydrogen (secondary N) is 1. The van der Waals surface area contributed by atoms with Crippen molar-refractivity contribution < 1.29 is 19.4 Å². The van der Waals surface area contributed by atoms with E-state index in [1.165, 1.54) is 7.11 Å². The first-order valence-corrected chi connectivity index (χ1v) is 5.89. The van der Waals surface area contributed by atoms with Gasteiger partial charge in [0.2, 0.25) is 5.91 Å². The summed E-state index contributed by atoms with van der Waals surface area (Å²) in [5.41, 5.74) is 6.41. The zero-order valence-electron chi connectivity index (χ0n) is 10.7. The Morgan fingerprint density at radius 2 is 2.00 bits per heavy atom. The first-order valence-electron chi connectivity index (χ1n) is 5.89. The minimum absolute atomic E-state index is 0.194. The Bertz CT molecular complexity index is 422. The van der Waals surface area contributed by atoms with Crippen LogP contribution in [0.15, 0.2) is 30.3 Å². The zero-order chi connectivity index (χ0) is 14.3. The molecule has 1 rings (SSSR count). The molecule has 6 heteroatoms. The summed E-state index contributed by atoms with van der Waals surface area (Å²) >= 11 is 0. The summed E-state index contributed by atoms with van der Waals surface area (Å²) in [5, 5.41) is 11.4. The molecule has 6 nitrogen and oxygen atoms in total. The van der Waals surface area contributed by atoms with Crippen molar-refractivity contribution in [2.75, 3.05) is 13.7 Å². The summed E-state index contributed by atoms with van der Waals surface area (Å²) in [6, 6.07) is 6.90. The van der Waals surface area contributed by atoms with Gasteiger partial charge in [0, 0.05) is 20.1 Å². The maximum absolute atomic E-state index is 11.9. The zero-order valence-corrected chi connectivity index (χ0v) is 10.7. The predicted molar refractivity (Wildman–Crippen MR) is 69.4 cm³/mol. The molecule has 1 aromatic carbocycles. The van der Waals surface area contributed by atoms with Gasteiger partial charge in [0.15, 0.2) is 0 Å². The molecule has 0 aliphatic rings. The fourth-order valence-electron chi connectivity index (χ4n) is 1.57. The molecule has 0 spiro atoms. The van der Waals surface area contributed by atoms with Crippen molar-refractivity contribution >= 4 is 11.9 Å². The number of amides is 1. The molecule has 0 aliphatic carbocycles. The van der Waals surface area contributed by atoms with Crippen LogP contribution in [0.5, 0.6) is 0 Å². The number of hydrogen-bond acceptors (Lipinski definition) is 4. The van der Waals surface area contributed by atoms with Crippen LogP contribution in [0.2, 0.25) is 0 Å². The third kappa shape index (κ3) is 4.69. The Morgan fingerprint density at radius 1 is 1.37 bits per heavy atom. The number of nitrogens with two attached hydrogens (primary N) is 1. The smallest absolute Gasteiger partial charge is 0.326 e. The number of carboxylic acid groups (broad SMARTS) is 1. The van der Waals surface area contributed by atoms with E-state index in [-0.39, 0.29) is 13.0 Å². The summed E-state index contributed by atoms with van der Waals surface area (Å²) < 4.78 is 4.80. The van der Waals surface area contributed by atoms with Gasteiger partial charge in [0.25, 0.3) is 0 Å². The van der Waals surface area contributed by atoms with Crippen LogP contribution < -0.4 is 11.1 Å². The summed E-state index contributed by atoms with van der Waals surface area (Å²) in [5.74, 6) is -1.62. The fourth-order valence-corrected chi connectivity index (χ4v) is 1.57. The maximum atomic E-state index is 11.9. The van der Waals surface area contributed by atoms with E-state index >= 15 is 0 Å². The Labute approximate surface area is 111 Å². The van der Waals surface area contributed by atoms with Crippen LogP contribution in [0.4, 0.5) is 0 Å². The van der Waals surface area contributed by atoms with Crippen LogP contribution in [0.3, 0.4) is 0 Å². The number of benzene rings is 1. The number of methoxy groups -OCH3 is 1. The molecule has 0 saturated heterocycles. The Kier molecular flexibility index (Phi) is 5.98. The van der Waals surface area contributed by atoms with Gasteiger partial charge < -0.3 is 20.9 Å². The van der Waals surface area contributed by atoms with E-state index in [1.54, 1.807) is 24.3 Å². The van der Waals surface area contributed by atoms with E-state index in [9.17, 15) is 9.59 Å². The first-order chi connectivity index (χ1) is 9.06. The number of carbonyl (C=O) groups is 2. The highest BCUT2D eigenvalue weighted by Crippen LogP contribution is 2.10. The van der Waals surface area contributed by atoms with Crippen molar-refractivity contribution in [3.63, 3.8) is 0 Å². The molecule has 2 atom stereocenters. The van der Waals surface area contributed by atoms with Gasteiger partial charge in [-0.25, -0.2) is 4.79 Å². The molecule has 1 amide bonds. The average molecular weight is 266 g/mol. The minimum atomic E-state index is -1.11. The molecule has 4 N–H and O–H groups in total. The van der Waals surface area contributed by atoms with Crippen molar-refractivity contribution in [3.8, 4) is 0 Å². The highest BCUT2D eigenvalue weighted by Gasteiger charge is 2.23. The lowest BCUT2D eigenvalue weighted by molar-refractivity contribution is -0.142. The second-order valence-electron chi connectivity index (χ2n) is 4.07. The standard InChI is InChI=1S/C13H18N2O4/c1-19-8-7-10(13(17)18)15-12(16)11(14)9-5-3-2-4-6-9/h2-6,10-11H,7-8,14H2,1H3,(H,15,16)(H,17,18). The molecule has 0 heterocycles. The highest BCUT2D eigenvalue weighted by molar-refractivity contribution is 5.87. The maximum Gasteiger partial charge on any atom is 0.326 e. The largest absolute Gasteiger partial charge is 0.480 e. The summed E-state index contributed by atoms with van der Waals surface area (Å²) in [6.07, 6.45) is 0.194. The summed E-state index contributed by atoms with van der Waals surface area (Å²) in [6.45, 7) is 0.248. The quantitative estimate of drug-likeness (QED) is 0.658. The van der Waals surface area contributed by atoms with Gasteiger partial charge in [0.05, 0.1) is 0 Å². The SMILES string of the molecule is COCCC(NC(=O)C(N)c1ccccc1)C(=O)O. The van der Waals surface area contributed by atoms with Gasteiger partial charge in [0.1, 0.15) is 12.1 Å². The lowest BCUT2D eigenvalue weighted by atomic mass is 10.1. The van der Waals surface area contributed by atoms with E-state index in [4.69, 9.17) is 15.6 Å². The number of carboxylic acids is 1. The molecule has 104 valence electrons. The van der Waals surface area contributed by atoms with Gasteiger partial charge >= 0.3 is 5.97 Å². The van der Waals surface area contributed by atoms with E-state index in [1.807, 2.05) is 6.07 Å². The van der Waals surface area contributed by atoms with E-state index < -0.39 is 24.0 Å². The predicted octanol–water partition coefficient (Wildman–Crippen LogP) is 0.292. The molecule has 1 aromatic rings. The third-order valence-corrected chi connectivity index (χ3v) is 2.67. The number of ether oxygens (including phenoxy) is 1. The molecule has 0 saturated carbocycles. The Hall–Kier alpha value is -1.92. The van der Waals surface area contributed by atoms with Crippen LogP contribution in [0, 0.1) is 0 Å². The van der Waals surface area contributed by atoms with Crippen LogP contribution >= 0.6 is 0 Å². The second kappa shape index (κ2) is 7.50. The van der Waals surface area contributed by atoms with Crippen LogP contribution in [0.25, 0.3) is 0 Å². The molecular formula is C13H18N2O4. The van der Waals surface area contributed by atoms with Crippen molar-refractivity contribution in [1.29, 1.82) is 0 Å². The topological polar surface area (TPSA) is 102 Å². The van der Waals surface area contributed by atoms with Gasteiger partial charge in [-0.05, 0) is 5.56 Å². The molecule has 2 unspecified atom stereocenters. The first kappa shape index (κ1) is 15.1. The Balaban J connectivity index is 2.64. The van der Waals surface area contributed by atoms with Gasteiger partial charge in [-0.2, -0.15) is 0 Å². The number of hydrogen-bond donors (Lipinski definition) is 3. The number of rotatable bonds is 7. The summed E-state index contributed by atoms with van der Waals surface area (Å²) in [4.78, 5) is 22.9. The van der Waals surface area contributed by atoms with Crippen molar-refractivity contribution in [2.45, 2.75) is 18.5 Å². The van der Waals surface area contributed by atoms with E-state index in [0.717, 1.165) is 0 Å². The van der Waals surface area contributed by atoms with Crippen molar-refractivity contribution in [1.82, 2.24) is 5.32 Å². The van der Waals surface area contributed by atoms with Crippen LogP contribution in [-0.2, 0) is 14.3 Å². The third-order valence-electron chi connectivity index (χ3n) is 2.67. The Morgan fingerprint density at radius 3 is 2.53 bits per heavy atom. The fraction of sp³-hybridized carbons (Fsp3) is 0.385. The molecule has 0 bridgehead atoms. The average Bonchev–Trinajstić information content (AvgIpc) is 2.43. The molecule has 0 aliphatic heterocycles. The monoisotopic (exact) mass is 266 g/mol. The van der Waals surface area contributed by atoms with Gasteiger partial charge in [-0.3, -0.25) is 4.79 Å². The highest BCUT2D eigenvalue weighted by atomic mass is 16.5. The van der Waals surface area contributed by atoms with Crippen LogP contribution in [-0.4, -0.2) is 36.7 Å². The minimum Gasteiger partial charge on any atom is -0.480 e. The molecular weight excluding hydrogens is 248 g/mol. The van der Waals surface area contributed by atoms with Crippen molar-refractivity contribution in [3.05, 3.63) is 35.9 Å². The van der Waals surface area contributed by atoms with E-state index in [2.05, 4.69) is 5.32 Å². The summed E-state index contributed by atoms with van der Waals surface area (Å²) in [7, 11) is 1.47. The molecule has 0 fully saturated rings. The van der Waals surface area contributed by atoms with Crippen LogP contribution in [0.1, 0.15) is 18.0 Å². The van der Waals surface area contributed by atoms with E-state index in [0.29, 0.717) is 5.56 Å². The van der Waals surface area contributed by atoms with Crippen molar-refractivity contribution in [2.24, 2.45) is 5.73 Å². The van der Waals surface area contributed by atoms with Gasteiger partial charge in [-0.15, -0.1) is 0 Å². The number of carbonyl (C=O) groups excluding carboxylic acids is 1. The molecule has 0 radical (unpaired) electrons. The molecule has 0 aromatic heterocycles. The lowest BCUT2D eigenvalue weighted by Gasteiger charge is -2.17. The number of aliphatic carboxylic acids is 1.